The number of nitrogens with two attached hydrogens (primary N) is 1. The molecule has 0 fully saturated rings. The van der Waals surface area contributed by atoms with Crippen molar-refractivity contribution in [2.24, 2.45) is 5.73 Å². The molecular formula is C12H15NO3. The molecule has 1 heterocycles. The van der Waals surface area contributed by atoms with Crippen molar-refractivity contribution >= 4 is 5.97 Å². The summed E-state index contributed by atoms with van der Waals surface area (Å²) < 4.78 is 10.5. The third kappa shape index (κ3) is 2.08. The lowest BCUT2D eigenvalue weighted by molar-refractivity contribution is -0.131. The standard InChI is InChI=1S/C12H15NO3/c1-7-12(13)11-4-3-10(16-8(2)14)5-9(11)6-15-7/h3-5,7,12H,6,13H2,1-2H3/t7-,12+/m0/s1. The van der Waals surface area contributed by atoms with E-state index in [0.29, 0.717) is 12.4 Å². The molecule has 1 aromatic rings. The molecular weight excluding hydrogens is 206 g/mol. The maximum absolute atomic E-state index is 10.8. The number of hydrogen-bond donors (Lipinski definition) is 1. The van der Waals surface area contributed by atoms with Crippen molar-refractivity contribution < 1.29 is 14.3 Å². The lowest BCUT2D eigenvalue weighted by Crippen LogP contribution is -2.31. The molecule has 2 atom stereocenters. The van der Waals surface area contributed by atoms with Gasteiger partial charge in [-0.2, -0.15) is 0 Å². The summed E-state index contributed by atoms with van der Waals surface area (Å²) in [7, 11) is 0. The molecule has 0 bridgehead atoms. The molecule has 0 saturated heterocycles. The number of hydrogen-bond acceptors (Lipinski definition) is 4. The second-order valence-electron chi connectivity index (χ2n) is 4.00. The van der Waals surface area contributed by atoms with E-state index in [1.165, 1.54) is 6.92 Å². The smallest absolute Gasteiger partial charge is 0.308 e. The van der Waals surface area contributed by atoms with Gasteiger partial charge in [-0.1, -0.05) is 6.07 Å². The molecule has 0 spiro atoms. The highest BCUT2D eigenvalue weighted by Gasteiger charge is 2.24. The first-order chi connectivity index (χ1) is 7.58. The van der Waals surface area contributed by atoms with Gasteiger partial charge in [-0.15, -0.1) is 0 Å². The van der Waals surface area contributed by atoms with Crippen LogP contribution in [0.3, 0.4) is 0 Å². The molecule has 4 nitrogen and oxygen atoms in total. The molecule has 0 unspecified atom stereocenters. The summed E-state index contributed by atoms with van der Waals surface area (Å²) in [6.45, 7) is 3.84. The van der Waals surface area contributed by atoms with E-state index in [1.807, 2.05) is 19.1 Å². The Morgan fingerprint density at radius 2 is 2.31 bits per heavy atom. The fourth-order valence-corrected chi connectivity index (χ4v) is 1.84. The third-order valence-corrected chi connectivity index (χ3v) is 2.74. The molecule has 4 heteroatoms. The van der Waals surface area contributed by atoms with E-state index < -0.39 is 0 Å². The largest absolute Gasteiger partial charge is 0.427 e. The van der Waals surface area contributed by atoms with Gasteiger partial charge >= 0.3 is 5.97 Å². The maximum atomic E-state index is 10.8. The number of rotatable bonds is 1. The summed E-state index contributed by atoms with van der Waals surface area (Å²) in [5.41, 5.74) is 8.06. The molecule has 86 valence electrons. The van der Waals surface area contributed by atoms with Crippen molar-refractivity contribution in [2.45, 2.75) is 32.6 Å². The Morgan fingerprint density at radius 3 is 3.00 bits per heavy atom. The van der Waals surface area contributed by atoms with Crippen LogP contribution in [0.2, 0.25) is 0 Å². The molecule has 2 rings (SSSR count). The molecule has 0 aliphatic carbocycles. The Balaban J connectivity index is 2.29. The average Bonchev–Trinajstić information content (AvgIpc) is 2.23. The van der Waals surface area contributed by atoms with Crippen LogP contribution in [0, 0.1) is 0 Å². The molecule has 0 radical (unpaired) electrons. The Hall–Kier alpha value is -1.39. The highest BCUT2D eigenvalue weighted by atomic mass is 16.5. The minimum Gasteiger partial charge on any atom is -0.427 e. The van der Waals surface area contributed by atoms with Crippen molar-refractivity contribution in [1.82, 2.24) is 0 Å². The number of benzene rings is 1. The number of ether oxygens (including phenoxy) is 2. The molecule has 0 amide bonds. The Bertz CT molecular complexity index is 417. The normalized spacial score (nSPS) is 23.7. The summed E-state index contributed by atoms with van der Waals surface area (Å²) in [6.07, 6.45) is 0.0204. The molecule has 2 N–H and O–H groups in total. The van der Waals surface area contributed by atoms with E-state index in [2.05, 4.69) is 0 Å². The van der Waals surface area contributed by atoms with Crippen molar-refractivity contribution in [3.05, 3.63) is 29.3 Å². The first kappa shape index (κ1) is 11.1. The Morgan fingerprint density at radius 1 is 1.56 bits per heavy atom. The zero-order chi connectivity index (χ0) is 11.7. The summed E-state index contributed by atoms with van der Waals surface area (Å²) in [5.74, 6) is 0.214. The van der Waals surface area contributed by atoms with Gasteiger partial charge in [0.2, 0.25) is 0 Å². The number of carbonyl (C=O) groups excluding carboxylic acids is 1. The maximum Gasteiger partial charge on any atom is 0.308 e. The second kappa shape index (κ2) is 4.23. The van der Waals surface area contributed by atoms with Crippen molar-refractivity contribution in [2.75, 3.05) is 0 Å². The van der Waals surface area contributed by atoms with Crippen molar-refractivity contribution in [3.8, 4) is 5.75 Å². The van der Waals surface area contributed by atoms with Crippen LogP contribution in [0.1, 0.15) is 31.0 Å². The topological polar surface area (TPSA) is 61.5 Å². The van der Waals surface area contributed by atoms with Crippen LogP contribution in [0.5, 0.6) is 5.75 Å². The van der Waals surface area contributed by atoms with E-state index in [4.69, 9.17) is 15.2 Å². The fraction of sp³-hybridized carbons (Fsp3) is 0.417. The van der Waals surface area contributed by atoms with Gasteiger partial charge in [0.05, 0.1) is 18.8 Å². The Labute approximate surface area is 94.3 Å². The van der Waals surface area contributed by atoms with Crippen molar-refractivity contribution in [1.29, 1.82) is 0 Å². The van der Waals surface area contributed by atoms with Crippen molar-refractivity contribution in [3.63, 3.8) is 0 Å². The van der Waals surface area contributed by atoms with Gasteiger partial charge < -0.3 is 15.2 Å². The Kier molecular flexibility index (Phi) is 2.94. The summed E-state index contributed by atoms with van der Waals surface area (Å²) in [6, 6.07) is 5.35. The summed E-state index contributed by atoms with van der Waals surface area (Å²) in [5, 5.41) is 0. The lowest BCUT2D eigenvalue weighted by Gasteiger charge is -2.28. The van der Waals surface area contributed by atoms with Gasteiger partial charge in [-0.3, -0.25) is 4.79 Å². The van der Waals surface area contributed by atoms with E-state index in [1.54, 1.807) is 6.07 Å². The van der Waals surface area contributed by atoms with Crippen LogP contribution in [-0.4, -0.2) is 12.1 Å². The van der Waals surface area contributed by atoms with Gasteiger partial charge in [-0.05, 0) is 30.2 Å². The van der Waals surface area contributed by atoms with Crippen LogP contribution in [-0.2, 0) is 16.1 Å². The molecule has 16 heavy (non-hydrogen) atoms. The van der Waals surface area contributed by atoms with Crippen LogP contribution >= 0.6 is 0 Å². The van der Waals surface area contributed by atoms with E-state index in [9.17, 15) is 4.79 Å². The molecule has 1 aliphatic rings. The van der Waals surface area contributed by atoms with E-state index in [0.717, 1.165) is 11.1 Å². The van der Waals surface area contributed by atoms with E-state index >= 15 is 0 Å². The van der Waals surface area contributed by atoms with Gasteiger partial charge in [0, 0.05) is 6.92 Å². The van der Waals surface area contributed by atoms with E-state index in [-0.39, 0.29) is 18.1 Å². The molecule has 0 aromatic heterocycles. The van der Waals surface area contributed by atoms with Crippen LogP contribution in [0.4, 0.5) is 0 Å². The first-order valence-corrected chi connectivity index (χ1v) is 5.26. The van der Waals surface area contributed by atoms with Gasteiger partial charge in [-0.25, -0.2) is 0 Å². The highest BCUT2D eigenvalue weighted by Crippen LogP contribution is 2.30. The highest BCUT2D eigenvalue weighted by molar-refractivity contribution is 5.69. The van der Waals surface area contributed by atoms with Crippen LogP contribution < -0.4 is 10.5 Å². The van der Waals surface area contributed by atoms with Gasteiger partial charge in [0.15, 0.2) is 0 Å². The zero-order valence-electron chi connectivity index (χ0n) is 9.40. The van der Waals surface area contributed by atoms with Gasteiger partial charge in [0.1, 0.15) is 5.75 Å². The number of esters is 1. The molecule has 1 aromatic carbocycles. The summed E-state index contributed by atoms with van der Waals surface area (Å²) >= 11 is 0. The summed E-state index contributed by atoms with van der Waals surface area (Å²) in [4.78, 5) is 10.8. The second-order valence-corrected chi connectivity index (χ2v) is 4.00. The quantitative estimate of drug-likeness (QED) is 0.577. The predicted octanol–water partition coefficient (Wildman–Crippen LogP) is 1.53. The SMILES string of the molecule is CC(=O)Oc1ccc2c(c1)CO[C@@H](C)[C@H]2N. The van der Waals surface area contributed by atoms with Gasteiger partial charge in [0.25, 0.3) is 0 Å². The lowest BCUT2D eigenvalue weighted by atomic mass is 9.95. The van der Waals surface area contributed by atoms with Crippen LogP contribution in [0.25, 0.3) is 0 Å². The minimum atomic E-state index is -0.325. The first-order valence-electron chi connectivity index (χ1n) is 5.26. The van der Waals surface area contributed by atoms with Crippen LogP contribution in [0.15, 0.2) is 18.2 Å². The monoisotopic (exact) mass is 221 g/mol. The average molecular weight is 221 g/mol. The molecule has 0 saturated carbocycles. The predicted molar refractivity (Wildman–Crippen MR) is 58.9 cm³/mol. The third-order valence-electron chi connectivity index (χ3n) is 2.74. The molecule has 1 aliphatic heterocycles. The zero-order valence-corrected chi connectivity index (χ0v) is 9.40. The fourth-order valence-electron chi connectivity index (χ4n) is 1.84. The number of fused-ring (bicyclic) bond motifs is 1. The minimum absolute atomic E-state index is 0.0204. The number of carbonyl (C=O) groups is 1.